The van der Waals surface area contributed by atoms with Crippen molar-refractivity contribution in [2.24, 2.45) is 5.92 Å². The molecule has 0 aliphatic carbocycles. The Labute approximate surface area is 120 Å². The van der Waals surface area contributed by atoms with Gasteiger partial charge in [0, 0.05) is 24.8 Å². The van der Waals surface area contributed by atoms with Crippen LogP contribution in [0.2, 0.25) is 0 Å². The first-order valence-electron chi connectivity index (χ1n) is 6.64. The Balaban J connectivity index is 2.51. The molecule has 118 valence electrons. The first-order chi connectivity index (χ1) is 9.90. The lowest BCUT2D eigenvalue weighted by Crippen LogP contribution is -2.44. The van der Waals surface area contributed by atoms with Gasteiger partial charge in [-0.15, -0.1) is 0 Å². The summed E-state index contributed by atoms with van der Waals surface area (Å²) >= 11 is 0. The zero-order valence-electron chi connectivity index (χ0n) is 12.2. The second-order valence-corrected chi connectivity index (χ2v) is 5.36. The predicted octanol–water partition coefficient (Wildman–Crippen LogP) is -1.25. The summed E-state index contributed by atoms with van der Waals surface area (Å²) < 4.78 is 12.3. The third-order valence-corrected chi connectivity index (χ3v) is 4.19. The van der Waals surface area contributed by atoms with Gasteiger partial charge in [0.1, 0.15) is 11.7 Å². The van der Waals surface area contributed by atoms with Crippen molar-refractivity contribution >= 4 is 0 Å². The van der Waals surface area contributed by atoms with Crippen molar-refractivity contribution in [3.05, 3.63) is 32.6 Å². The molecular weight excluding hydrogens is 280 g/mol. The van der Waals surface area contributed by atoms with Crippen LogP contribution in [0.5, 0.6) is 0 Å². The molecule has 0 radical (unpaired) electrons. The molecule has 1 fully saturated rings. The molecule has 1 aliphatic heterocycles. The van der Waals surface area contributed by atoms with Crippen LogP contribution in [0.4, 0.5) is 0 Å². The summed E-state index contributed by atoms with van der Waals surface area (Å²) in [5.74, 6) is -0.346. The Hall–Kier alpha value is -1.48. The Morgan fingerprint density at radius 2 is 2.05 bits per heavy atom. The highest BCUT2D eigenvalue weighted by molar-refractivity contribution is 5.05. The monoisotopic (exact) mass is 300 g/mol. The van der Waals surface area contributed by atoms with Gasteiger partial charge in [-0.05, 0) is 6.92 Å². The Morgan fingerprint density at radius 1 is 1.43 bits per heavy atom. The summed E-state index contributed by atoms with van der Waals surface area (Å²) in [5.41, 5.74) is -1.94. The number of nitrogens with one attached hydrogen (secondary N) is 1. The van der Waals surface area contributed by atoms with Crippen molar-refractivity contribution in [3.8, 4) is 0 Å². The number of hydrogen-bond donors (Lipinski definition) is 3. The molecule has 2 heterocycles. The fourth-order valence-corrected chi connectivity index (χ4v) is 2.68. The number of H-pyrrole nitrogens is 1. The van der Waals surface area contributed by atoms with E-state index in [1.807, 2.05) is 0 Å². The quantitative estimate of drug-likeness (QED) is 0.640. The summed E-state index contributed by atoms with van der Waals surface area (Å²) in [5, 5.41) is 19.1. The minimum Gasteiger partial charge on any atom is -0.393 e. The minimum absolute atomic E-state index is 0.346. The van der Waals surface area contributed by atoms with Crippen LogP contribution in [0.15, 0.2) is 15.8 Å². The molecule has 2 rings (SSSR count). The average molecular weight is 300 g/mol. The van der Waals surface area contributed by atoms with Gasteiger partial charge >= 0.3 is 5.69 Å². The summed E-state index contributed by atoms with van der Waals surface area (Å²) in [4.78, 5) is 25.6. The molecule has 1 aromatic heterocycles. The van der Waals surface area contributed by atoms with Gasteiger partial charge in [-0.1, -0.05) is 6.92 Å². The highest BCUT2D eigenvalue weighted by atomic mass is 16.6. The SMILES string of the molecule is COC1[C@H](n2cc(C)c(=O)[nH]c2=O)OC(CO)(CO)[C@@H]1C. The van der Waals surface area contributed by atoms with Gasteiger partial charge in [0.15, 0.2) is 6.23 Å². The lowest BCUT2D eigenvalue weighted by molar-refractivity contribution is -0.138. The van der Waals surface area contributed by atoms with Crippen molar-refractivity contribution in [1.82, 2.24) is 9.55 Å². The molecule has 0 spiro atoms. The maximum absolute atomic E-state index is 12.0. The van der Waals surface area contributed by atoms with E-state index in [1.54, 1.807) is 13.8 Å². The number of rotatable bonds is 4. The van der Waals surface area contributed by atoms with E-state index in [0.29, 0.717) is 5.56 Å². The van der Waals surface area contributed by atoms with E-state index in [-0.39, 0.29) is 5.92 Å². The van der Waals surface area contributed by atoms with E-state index < -0.39 is 42.4 Å². The second kappa shape index (κ2) is 5.72. The molecule has 0 bridgehead atoms. The number of aromatic nitrogens is 2. The van der Waals surface area contributed by atoms with Crippen molar-refractivity contribution in [2.45, 2.75) is 31.8 Å². The molecule has 8 nitrogen and oxygen atoms in total. The van der Waals surface area contributed by atoms with Crippen LogP contribution >= 0.6 is 0 Å². The van der Waals surface area contributed by atoms with Crippen molar-refractivity contribution < 1.29 is 19.7 Å². The van der Waals surface area contributed by atoms with E-state index in [4.69, 9.17) is 9.47 Å². The molecular formula is C13H20N2O6. The molecule has 8 heteroatoms. The molecule has 3 atom stereocenters. The van der Waals surface area contributed by atoms with Crippen LogP contribution in [0.1, 0.15) is 18.7 Å². The first-order valence-corrected chi connectivity index (χ1v) is 6.64. The molecule has 0 amide bonds. The van der Waals surface area contributed by atoms with Crippen LogP contribution in [-0.4, -0.2) is 51.8 Å². The van der Waals surface area contributed by atoms with Gasteiger partial charge in [-0.3, -0.25) is 14.3 Å². The number of ether oxygens (including phenoxy) is 2. The normalized spacial score (nSPS) is 28.0. The largest absolute Gasteiger partial charge is 0.393 e. The fraction of sp³-hybridized carbons (Fsp3) is 0.692. The van der Waals surface area contributed by atoms with Gasteiger partial charge < -0.3 is 19.7 Å². The summed E-state index contributed by atoms with van der Waals surface area (Å²) in [6.07, 6.45) is -0.00488. The molecule has 0 saturated carbocycles. The molecule has 0 aromatic carbocycles. The van der Waals surface area contributed by atoms with Crippen LogP contribution in [-0.2, 0) is 9.47 Å². The van der Waals surface area contributed by atoms with E-state index in [2.05, 4.69) is 4.98 Å². The van der Waals surface area contributed by atoms with Gasteiger partial charge in [0.2, 0.25) is 0 Å². The molecule has 3 N–H and O–H groups in total. The number of nitrogens with zero attached hydrogens (tertiary/aromatic N) is 1. The lowest BCUT2D eigenvalue weighted by atomic mass is 9.88. The van der Waals surface area contributed by atoms with E-state index in [1.165, 1.54) is 17.9 Å². The van der Waals surface area contributed by atoms with Crippen LogP contribution in [0, 0.1) is 12.8 Å². The summed E-state index contributed by atoms with van der Waals surface area (Å²) in [6.45, 7) is 2.53. The third kappa shape index (κ3) is 2.44. The standard InChI is InChI=1S/C13H20N2O6/c1-7-4-15(12(19)14-10(7)18)11-9(20-3)8(2)13(5-16,6-17)21-11/h4,8-9,11,16-17H,5-6H2,1-3H3,(H,14,18,19)/t8-,9?,11-/m1/s1. The maximum Gasteiger partial charge on any atom is 0.330 e. The van der Waals surface area contributed by atoms with Crippen molar-refractivity contribution in [3.63, 3.8) is 0 Å². The molecule has 21 heavy (non-hydrogen) atoms. The fourth-order valence-electron chi connectivity index (χ4n) is 2.68. The third-order valence-electron chi connectivity index (χ3n) is 4.19. The van der Waals surface area contributed by atoms with E-state index in [0.717, 1.165) is 0 Å². The highest BCUT2D eigenvalue weighted by Gasteiger charge is 2.53. The van der Waals surface area contributed by atoms with Crippen LogP contribution in [0.25, 0.3) is 0 Å². The molecule has 1 aromatic rings. The first kappa shape index (κ1) is 15.9. The van der Waals surface area contributed by atoms with Crippen LogP contribution < -0.4 is 11.2 Å². The second-order valence-electron chi connectivity index (χ2n) is 5.36. The highest BCUT2D eigenvalue weighted by Crippen LogP contribution is 2.42. The zero-order chi connectivity index (χ0) is 15.8. The smallest absolute Gasteiger partial charge is 0.330 e. The van der Waals surface area contributed by atoms with Crippen molar-refractivity contribution in [2.75, 3.05) is 20.3 Å². The zero-order valence-corrected chi connectivity index (χ0v) is 12.2. The number of aliphatic hydroxyl groups excluding tert-OH is 2. The lowest BCUT2D eigenvalue weighted by Gasteiger charge is -2.28. The number of aromatic amines is 1. The number of methoxy groups -OCH3 is 1. The van der Waals surface area contributed by atoms with E-state index >= 15 is 0 Å². The van der Waals surface area contributed by atoms with Gasteiger partial charge in [0.05, 0.1) is 13.2 Å². The number of aryl methyl sites for hydroxylation is 1. The van der Waals surface area contributed by atoms with Crippen LogP contribution in [0.3, 0.4) is 0 Å². The topological polar surface area (TPSA) is 114 Å². The summed E-state index contributed by atoms with van der Waals surface area (Å²) in [6, 6.07) is 0. The summed E-state index contributed by atoms with van der Waals surface area (Å²) in [7, 11) is 1.46. The Morgan fingerprint density at radius 3 is 2.57 bits per heavy atom. The molecule has 1 aliphatic rings. The van der Waals surface area contributed by atoms with Gasteiger partial charge in [-0.2, -0.15) is 0 Å². The number of aliphatic hydroxyl groups is 2. The van der Waals surface area contributed by atoms with E-state index in [9.17, 15) is 19.8 Å². The van der Waals surface area contributed by atoms with Crippen molar-refractivity contribution in [1.29, 1.82) is 0 Å². The Bertz CT molecular complexity index is 618. The minimum atomic E-state index is -1.20. The van der Waals surface area contributed by atoms with Gasteiger partial charge in [0.25, 0.3) is 5.56 Å². The Kier molecular flexibility index (Phi) is 4.33. The number of hydrogen-bond acceptors (Lipinski definition) is 6. The predicted molar refractivity (Wildman–Crippen MR) is 73.0 cm³/mol. The average Bonchev–Trinajstić information content (AvgIpc) is 2.75. The molecule has 1 unspecified atom stereocenters. The van der Waals surface area contributed by atoms with Gasteiger partial charge in [-0.25, -0.2) is 4.79 Å². The maximum atomic E-state index is 12.0. The molecule has 1 saturated heterocycles.